The quantitative estimate of drug-likeness (QED) is 0.530. The number of hydrogen-bond acceptors (Lipinski definition) is 6. The maximum atomic E-state index is 9.11. The van der Waals surface area contributed by atoms with Crippen molar-refractivity contribution in [3.8, 4) is 5.75 Å². The molecule has 1 aromatic carbocycles. The van der Waals surface area contributed by atoms with Gasteiger partial charge in [-0.15, -0.1) is 0 Å². The lowest BCUT2D eigenvalue weighted by Gasteiger charge is -2.08. The molecule has 2 N–H and O–H groups in total. The van der Waals surface area contributed by atoms with Gasteiger partial charge < -0.3 is 10.4 Å². The zero-order valence-corrected chi connectivity index (χ0v) is 16.7. The highest BCUT2D eigenvalue weighted by Gasteiger charge is 2.04. The Kier molecular flexibility index (Phi) is 7.05. The molecule has 0 spiro atoms. The predicted octanol–water partition coefficient (Wildman–Crippen LogP) is 4.34. The van der Waals surface area contributed by atoms with Crippen molar-refractivity contribution in [2.24, 2.45) is 0 Å². The lowest BCUT2D eigenvalue weighted by Crippen LogP contribution is -2.07. The lowest BCUT2D eigenvalue weighted by molar-refractivity contribution is 0.469. The molecule has 6 nitrogen and oxygen atoms in total. The van der Waals surface area contributed by atoms with Gasteiger partial charge in [0.25, 0.3) is 0 Å². The number of nitrogens with one attached hydrogen (secondary N) is 1. The molecule has 4 rings (SSSR count). The van der Waals surface area contributed by atoms with E-state index in [2.05, 4.69) is 31.3 Å². The Balaban J connectivity index is 0.000000224. The first kappa shape index (κ1) is 20.2. The van der Waals surface area contributed by atoms with Gasteiger partial charge >= 0.3 is 0 Å². The van der Waals surface area contributed by atoms with Crippen molar-refractivity contribution in [1.82, 2.24) is 19.9 Å². The fraction of sp³-hybridized carbons (Fsp3) is 0.217. The van der Waals surface area contributed by atoms with Crippen molar-refractivity contribution in [2.45, 2.75) is 26.7 Å². The summed E-state index contributed by atoms with van der Waals surface area (Å²) in [5, 5.41) is 13.4. The van der Waals surface area contributed by atoms with Crippen LogP contribution in [0.2, 0.25) is 0 Å². The summed E-state index contributed by atoms with van der Waals surface area (Å²) in [6.45, 7) is 4.70. The molecule has 0 unspecified atom stereocenters. The van der Waals surface area contributed by atoms with Crippen LogP contribution in [0.3, 0.4) is 0 Å². The summed E-state index contributed by atoms with van der Waals surface area (Å²) in [6.07, 6.45) is 9.04. The van der Waals surface area contributed by atoms with Gasteiger partial charge in [-0.25, -0.2) is 15.0 Å². The van der Waals surface area contributed by atoms with Crippen LogP contribution in [-0.4, -0.2) is 31.6 Å². The molecular formula is C23H25N5O. The van der Waals surface area contributed by atoms with Crippen molar-refractivity contribution in [1.29, 1.82) is 0 Å². The van der Waals surface area contributed by atoms with Gasteiger partial charge in [0.1, 0.15) is 17.4 Å². The van der Waals surface area contributed by atoms with Crippen molar-refractivity contribution < 1.29 is 5.11 Å². The van der Waals surface area contributed by atoms with Gasteiger partial charge in [-0.1, -0.05) is 31.2 Å². The number of para-hydroxylation sites is 1. The van der Waals surface area contributed by atoms with Crippen LogP contribution in [0.15, 0.2) is 67.3 Å². The van der Waals surface area contributed by atoms with Gasteiger partial charge in [0.15, 0.2) is 0 Å². The number of benzene rings is 1. The van der Waals surface area contributed by atoms with Crippen LogP contribution in [0, 0.1) is 6.92 Å². The monoisotopic (exact) mass is 387 g/mol. The molecule has 4 aromatic rings. The van der Waals surface area contributed by atoms with E-state index in [0.29, 0.717) is 5.75 Å². The Morgan fingerprint density at radius 3 is 2.55 bits per heavy atom. The highest BCUT2D eigenvalue weighted by atomic mass is 16.3. The maximum Gasteiger partial charge on any atom is 0.136 e. The van der Waals surface area contributed by atoms with E-state index in [9.17, 15) is 0 Å². The minimum Gasteiger partial charge on any atom is -0.508 e. The fourth-order valence-corrected chi connectivity index (χ4v) is 2.87. The molecular weight excluding hydrogens is 362 g/mol. The highest BCUT2D eigenvalue weighted by Crippen LogP contribution is 2.18. The molecule has 0 amide bonds. The third-order valence-corrected chi connectivity index (χ3v) is 4.43. The number of hydrogen-bond donors (Lipinski definition) is 2. The van der Waals surface area contributed by atoms with E-state index < -0.39 is 0 Å². The van der Waals surface area contributed by atoms with Crippen LogP contribution in [0.1, 0.15) is 23.9 Å². The molecule has 148 valence electrons. The summed E-state index contributed by atoms with van der Waals surface area (Å²) in [5.41, 5.74) is 3.13. The van der Waals surface area contributed by atoms with Gasteiger partial charge in [-0.05, 0) is 49.1 Å². The molecule has 0 aliphatic rings. The number of aromatic hydroxyl groups is 1. The lowest BCUT2D eigenvalue weighted by atomic mass is 10.1. The molecule has 0 fully saturated rings. The van der Waals surface area contributed by atoms with E-state index >= 15 is 0 Å². The number of nitrogens with zero attached hydrogens (tertiary/aromatic N) is 4. The summed E-state index contributed by atoms with van der Waals surface area (Å²) in [7, 11) is 0. The topological polar surface area (TPSA) is 83.8 Å². The summed E-state index contributed by atoms with van der Waals surface area (Å²) in [6, 6.07) is 13.3. The maximum absolute atomic E-state index is 9.11. The summed E-state index contributed by atoms with van der Waals surface area (Å²) in [5.74, 6) is 2.00. The molecule has 0 saturated carbocycles. The first-order chi connectivity index (χ1) is 14.2. The first-order valence-electron chi connectivity index (χ1n) is 9.65. The summed E-state index contributed by atoms with van der Waals surface area (Å²) < 4.78 is 0. The van der Waals surface area contributed by atoms with Gasteiger partial charge in [0.05, 0.1) is 10.9 Å². The molecule has 6 heteroatoms. The van der Waals surface area contributed by atoms with E-state index in [-0.39, 0.29) is 0 Å². The van der Waals surface area contributed by atoms with Gasteiger partial charge in [-0.3, -0.25) is 4.98 Å². The van der Waals surface area contributed by atoms with Crippen LogP contribution in [0.4, 0.5) is 5.82 Å². The average Bonchev–Trinajstić information content (AvgIpc) is 2.75. The largest absolute Gasteiger partial charge is 0.508 e. The number of fused-ring (bicyclic) bond motifs is 1. The number of pyridine rings is 2. The number of phenolic OH excluding ortho intramolecular Hbond substituents is 1. The second-order valence-corrected chi connectivity index (χ2v) is 6.53. The molecule has 0 radical (unpaired) electrons. The Labute approximate surface area is 170 Å². The zero-order valence-electron chi connectivity index (χ0n) is 16.7. The highest BCUT2D eigenvalue weighted by molar-refractivity contribution is 5.88. The van der Waals surface area contributed by atoms with E-state index in [1.165, 1.54) is 5.56 Å². The van der Waals surface area contributed by atoms with Crippen molar-refractivity contribution in [3.05, 3.63) is 84.2 Å². The van der Waals surface area contributed by atoms with Gasteiger partial charge in [-0.2, -0.15) is 0 Å². The number of rotatable bonds is 5. The van der Waals surface area contributed by atoms with Crippen LogP contribution >= 0.6 is 0 Å². The molecule has 3 heterocycles. The summed E-state index contributed by atoms with van der Waals surface area (Å²) >= 11 is 0. The summed E-state index contributed by atoms with van der Waals surface area (Å²) in [4.78, 5) is 17.1. The third-order valence-electron chi connectivity index (χ3n) is 4.43. The molecule has 0 aliphatic heterocycles. The second kappa shape index (κ2) is 10.1. The van der Waals surface area contributed by atoms with Crippen LogP contribution in [0.25, 0.3) is 10.9 Å². The van der Waals surface area contributed by atoms with Gasteiger partial charge in [0.2, 0.25) is 0 Å². The zero-order chi connectivity index (χ0) is 20.5. The van der Waals surface area contributed by atoms with Crippen LogP contribution < -0.4 is 5.32 Å². The van der Waals surface area contributed by atoms with E-state index in [4.69, 9.17) is 5.11 Å². The minimum atomic E-state index is 0.403. The minimum absolute atomic E-state index is 0.403. The van der Waals surface area contributed by atoms with Crippen molar-refractivity contribution >= 4 is 16.7 Å². The number of aryl methyl sites for hydroxylation is 2. The smallest absolute Gasteiger partial charge is 0.136 e. The molecule has 0 saturated heterocycles. The normalized spacial score (nSPS) is 10.3. The molecule has 0 atom stereocenters. The second-order valence-electron chi connectivity index (χ2n) is 6.53. The number of phenols is 1. The third kappa shape index (κ3) is 5.72. The SMILES string of the molecule is CCc1ccccc1O.Cc1ncc2c(NCCc3cccnc3)nccc2n1. The molecule has 29 heavy (non-hydrogen) atoms. The first-order valence-corrected chi connectivity index (χ1v) is 9.65. The molecule has 0 bridgehead atoms. The predicted molar refractivity (Wildman–Crippen MR) is 116 cm³/mol. The Morgan fingerprint density at radius 1 is 0.966 bits per heavy atom. The Hall–Kier alpha value is -3.54. The van der Waals surface area contributed by atoms with Crippen molar-refractivity contribution in [2.75, 3.05) is 11.9 Å². The standard InChI is InChI=1S/C15H15N5.C8H10O/c1-11-19-10-13-14(20-11)5-8-18-15(13)17-7-4-12-3-2-6-16-9-12;1-2-7-5-3-4-6-8(7)9/h2-3,5-6,8-10H,4,7H2,1H3,(H,17,18);3-6,9H,2H2,1H3. The molecule has 3 aromatic heterocycles. The number of anilines is 1. The van der Waals surface area contributed by atoms with E-state index in [1.807, 2.05) is 56.6 Å². The Morgan fingerprint density at radius 2 is 1.83 bits per heavy atom. The van der Waals surface area contributed by atoms with Gasteiger partial charge in [0, 0.05) is 31.3 Å². The number of aromatic nitrogens is 4. The van der Waals surface area contributed by atoms with Crippen molar-refractivity contribution in [3.63, 3.8) is 0 Å². The van der Waals surface area contributed by atoms with Crippen LogP contribution in [-0.2, 0) is 12.8 Å². The Bertz CT molecular complexity index is 1050. The molecule has 0 aliphatic carbocycles. The van der Waals surface area contributed by atoms with E-state index in [1.54, 1.807) is 18.5 Å². The average molecular weight is 387 g/mol. The van der Waals surface area contributed by atoms with E-state index in [0.717, 1.165) is 47.5 Å². The van der Waals surface area contributed by atoms with Crippen LogP contribution in [0.5, 0.6) is 5.75 Å². The fourth-order valence-electron chi connectivity index (χ4n) is 2.87.